The third-order valence-corrected chi connectivity index (χ3v) is 4.28. The van der Waals surface area contributed by atoms with Gasteiger partial charge in [0.25, 0.3) is 0 Å². The van der Waals surface area contributed by atoms with Crippen LogP contribution in [0.4, 0.5) is 0 Å². The van der Waals surface area contributed by atoms with Gasteiger partial charge in [-0.3, -0.25) is 4.79 Å². The average Bonchev–Trinajstić information content (AvgIpc) is 3.14. The number of H-pyrrole nitrogens is 1. The Morgan fingerprint density at radius 2 is 2.30 bits per heavy atom. The van der Waals surface area contributed by atoms with Gasteiger partial charge in [0.1, 0.15) is 0 Å². The van der Waals surface area contributed by atoms with Gasteiger partial charge in [0, 0.05) is 23.5 Å². The first-order valence-electron chi connectivity index (χ1n) is 6.81. The molecule has 1 amide bonds. The summed E-state index contributed by atoms with van der Waals surface area (Å²) in [7, 11) is 0. The number of nitrogens with one attached hydrogen (secondary N) is 2. The number of benzene rings is 1. The van der Waals surface area contributed by atoms with E-state index >= 15 is 0 Å². The van der Waals surface area contributed by atoms with Gasteiger partial charge >= 0.3 is 0 Å². The zero-order chi connectivity index (χ0) is 14.1. The van der Waals surface area contributed by atoms with E-state index in [1.54, 1.807) is 0 Å². The van der Waals surface area contributed by atoms with Crippen LogP contribution in [0.3, 0.4) is 0 Å². The number of aromatic amines is 1. The van der Waals surface area contributed by atoms with Gasteiger partial charge in [0.2, 0.25) is 5.91 Å². The van der Waals surface area contributed by atoms with E-state index in [9.17, 15) is 4.79 Å². The monoisotopic (exact) mass is 353 g/mol. The lowest BCUT2D eigenvalue weighted by Gasteiger charge is -2.05. The highest BCUT2D eigenvalue weighted by Gasteiger charge is 2.22. The fourth-order valence-electron chi connectivity index (χ4n) is 2.28. The maximum absolute atomic E-state index is 11.7. The number of hydrogen-bond acceptors (Lipinski definition) is 2. The lowest BCUT2D eigenvalue weighted by Crippen LogP contribution is -2.25. The second-order valence-electron chi connectivity index (χ2n) is 5.19. The third kappa shape index (κ3) is 3.12. The number of imidazole rings is 1. The molecule has 0 spiro atoms. The molecule has 0 radical (unpaired) electrons. The van der Waals surface area contributed by atoms with Crippen molar-refractivity contribution in [3.63, 3.8) is 0 Å². The van der Waals surface area contributed by atoms with Crippen molar-refractivity contribution in [2.45, 2.75) is 38.3 Å². The van der Waals surface area contributed by atoms with Gasteiger partial charge in [-0.1, -0.05) is 15.9 Å². The van der Waals surface area contributed by atoms with Crippen molar-refractivity contribution in [3.05, 3.63) is 27.4 Å². The van der Waals surface area contributed by atoms with Gasteiger partial charge in [-0.05, 0) is 49.7 Å². The molecule has 1 aliphatic carbocycles. The largest absolute Gasteiger partial charge is 0.353 e. The molecule has 106 valence electrons. The Balaban J connectivity index is 1.66. The van der Waals surface area contributed by atoms with E-state index in [2.05, 4.69) is 30.8 Å². The lowest BCUT2D eigenvalue weighted by molar-refractivity contribution is -0.121. The number of amides is 1. The van der Waals surface area contributed by atoms with Crippen LogP contribution in [0.15, 0.2) is 22.7 Å². The Morgan fingerprint density at radius 3 is 3.05 bits per heavy atom. The van der Waals surface area contributed by atoms with Crippen molar-refractivity contribution in [2.24, 2.45) is 0 Å². The molecule has 4 nitrogen and oxygen atoms in total. The molecular weight excluding hydrogens is 338 g/mol. The minimum absolute atomic E-state index is 0.154. The number of halogens is 1. The molecule has 2 N–H and O–H groups in total. The molecule has 0 aliphatic heterocycles. The second-order valence-corrected chi connectivity index (χ2v) is 6.49. The molecule has 1 fully saturated rings. The molecule has 0 unspecified atom stereocenters. The number of carbonyl (C=O) groups excluding carboxylic acids is 1. The molecular formula is C14H16BrN3OS. The topological polar surface area (TPSA) is 49.8 Å². The Bertz CT molecular complexity index is 702. The van der Waals surface area contributed by atoms with Crippen LogP contribution in [-0.2, 0) is 11.3 Å². The predicted octanol–water partition coefficient (Wildman–Crippen LogP) is 3.52. The van der Waals surface area contributed by atoms with Gasteiger partial charge in [-0.25, -0.2) is 0 Å². The number of aromatic nitrogens is 2. The first-order valence-corrected chi connectivity index (χ1v) is 8.01. The maximum Gasteiger partial charge on any atom is 0.220 e. The van der Waals surface area contributed by atoms with Crippen molar-refractivity contribution in [2.75, 3.05) is 0 Å². The van der Waals surface area contributed by atoms with Crippen LogP contribution in [0.25, 0.3) is 11.0 Å². The Kier molecular flexibility index (Phi) is 3.94. The van der Waals surface area contributed by atoms with Crippen LogP contribution in [0.2, 0.25) is 0 Å². The van der Waals surface area contributed by atoms with E-state index in [0.717, 1.165) is 41.3 Å². The standard InChI is InChI=1S/C14H16BrN3OS/c15-9-3-6-12-11(8-9)17-14(20)18(12)7-1-2-13(19)16-10-4-5-10/h3,6,8,10H,1-2,4-5,7H2,(H,16,19)(H,17,20). The SMILES string of the molecule is O=C(CCCn1c(=S)[nH]c2cc(Br)ccc21)NC1CC1. The summed E-state index contributed by atoms with van der Waals surface area (Å²) in [5.74, 6) is 0.154. The minimum Gasteiger partial charge on any atom is -0.353 e. The van der Waals surface area contributed by atoms with E-state index in [1.807, 2.05) is 18.2 Å². The molecule has 2 aromatic rings. The van der Waals surface area contributed by atoms with Gasteiger partial charge in [0.05, 0.1) is 11.0 Å². The van der Waals surface area contributed by atoms with Gasteiger partial charge in [-0.2, -0.15) is 0 Å². The summed E-state index contributed by atoms with van der Waals surface area (Å²) in [6.45, 7) is 0.762. The van der Waals surface area contributed by atoms with Gasteiger partial charge in [0.15, 0.2) is 4.77 Å². The zero-order valence-corrected chi connectivity index (χ0v) is 13.4. The molecule has 6 heteroatoms. The summed E-state index contributed by atoms with van der Waals surface area (Å²) in [6.07, 6.45) is 3.62. The summed E-state index contributed by atoms with van der Waals surface area (Å²) in [5, 5.41) is 3.00. The van der Waals surface area contributed by atoms with Crippen molar-refractivity contribution in [3.8, 4) is 0 Å². The number of carbonyl (C=O) groups is 1. The molecule has 1 saturated carbocycles. The Morgan fingerprint density at radius 1 is 1.50 bits per heavy atom. The summed E-state index contributed by atoms with van der Waals surface area (Å²) in [4.78, 5) is 14.9. The Hall–Kier alpha value is -1.14. The van der Waals surface area contributed by atoms with Crippen LogP contribution in [0.5, 0.6) is 0 Å². The van der Waals surface area contributed by atoms with Crippen molar-refractivity contribution < 1.29 is 4.79 Å². The molecule has 1 aliphatic rings. The van der Waals surface area contributed by atoms with Crippen LogP contribution in [-0.4, -0.2) is 21.5 Å². The second kappa shape index (κ2) is 5.69. The molecule has 1 aromatic carbocycles. The number of fused-ring (bicyclic) bond motifs is 1. The first kappa shape index (κ1) is 13.8. The van der Waals surface area contributed by atoms with E-state index in [0.29, 0.717) is 17.2 Å². The minimum atomic E-state index is 0.154. The maximum atomic E-state index is 11.7. The predicted molar refractivity (Wildman–Crippen MR) is 85.2 cm³/mol. The number of aryl methyl sites for hydroxylation is 1. The van der Waals surface area contributed by atoms with E-state index in [1.165, 1.54) is 0 Å². The highest BCUT2D eigenvalue weighted by atomic mass is 79.9. The molecule has 1 aromatic heterocycles. The van der Waals surface area contributed by atoms with Crippen LogP contribution < -0.4 is 5.32 Å². The fraction of sp³-hybridized carbons (Fsp3) is 0.429. The van der Waals surface area contributed by atoms with Crippen LogP contribution >= 0.6 is 28.1 Å². The highest BCUT2D eigenvalue weighted by Crippen LogP contribution is 2.21. The summed E-state index contributed by atoms with van der Waals surface area (Å²) in [6, 6.07) is 6.49. The molecule has 20 heavy (non-hydrogen) atoms. The third-order valence-electron chi connectivity index (χ3n) is 3.46. The van der Waals surface area contributed by atoms with E-state index in [4.69, 9.17) is 12.2 Å². The lowest BCUT2D eigenvalue weighted by atomic mass is 10.2. The first-order chi connectivity index (χ1) is 9.63. The van der Waals surface area contributed by atoms with Crippen molar-refractivity contribution >= 4 is 45.1 Å². The number of nitrogens with zero attached hydrogens (tertiary/aromatic N) is 1. The Labute approximate surface area is 130 Å². The van der Waals surface area contributed by atoms with Gasteiger partial charge in [-0.15, -0.1) is 0 Å². The zero-order valence-electron chi connectivity index (χ0n) is 11.0. The molecule has 3 rings (SSSR count). The molecule has 0 atom stereocenters. The summed E-state index contributed by atoms with van der Waals surface area (Å²) in [5.41, 5.74) is 2.10. The quantitative estimate of drug-likeness (QED) is 0.808. The van der Waals surface area contributed by atoms with E-state index < -0.39 is 0 Å². The smallest absolute Gasteiger partial charge is 0.220 e. The van der Waals surface area contributed by atoms with Crippen molar-refractivity contribution in [1.82, 2.24) is 14.9 Å². The summed E-state index contributed by atoms with van der Waals surface area (Å²) < 4.78 is 3.79. The van der Waals surface area contributed by atoms with Crippen LogP contribution in [0.1, 0.15) is 25.7 Å². The van der Waals surface area contributed by atoms with Crippen LogP contribution in [0, 0.1) is 4.77 Å². The van der Waals surface area contributed by atoms with Gasteiger partial charge < -0.3 is 14.9 Å². The summed E-state index contributed by atoms with van der Waals surface area (Å²) >= 11 is 8.80. The number of rotatable bonds is 5. The fourth-order valence-corrected chi connectivity index (χ4v) is 2.94. The average molecular weight is 354 g/mol. The molecule has 1 heterocycles. The van der Waals surface area contributed by atoms with Crippen molar-refractivity contribution in [1.29, 1.82) is 0 Å². The molecule has 0 saturated heterocycles. The highest BCUT2D eigenvalue weighted by molar-refractivity contribution is 9.10. The normalized spacial score (nSPS) is 14.7. The number of hydrogen-bond donors (Lipinski definition) is 2. The van der Waals surface area contributed by atoms with E-state index in [-0.39, 0.29) is 5.91 Å². The molecule has 0 bridgehead atoms.